The van der Waals surface area contributed by atoms with Crippen LogP contribution in [0.5, 0.6) is 0 Å². The molecular weight excluding hydrogens is 350 g/mol. The fourth-order valence-corrected chi connectivity index (χ4v) is 3.90. The van der Waals surface area contributed by atoms with Crippen molar-refractivity contribution >= 4 is 33.9 Å². The first-order chi connectivity index (χ1) is 12.6. The number of thiophene rings is 1. The molecule has 1 amide bonds. The predicted octanol–water partition coefficient (Wildman–Crippen LogP) is 2.60. The number of benzene rings is 1. The van der Waals surface area contributed by atoms with Crippen LogP contribution in [0.1, 0.15) is 15.9 Å². The van der Waals surface area contributed by atoms with Gasteiger partial charge in [-0.3, -0.25) is 9.69 Å². The standard InChI is InChI=1S/C19H23N3O3S/c1-14-5-3-4-6-16(14)22-10-8-21(9-11-22)13-17(23)20-18-15(7-12-26-18)19(24)25-2/h3-7,12H,8-11,13H2,1-2H3,(H,20,23). The van der Waals surface area contributed by atoms with Gasteiger partial charge in [-0.2, -0.15) is 0 Å². The van der Waals surface area contributed by atoms with Crippen molar-refractivity contribution in [3.63, 3.8) is 0 Å². The number of nitrogens with one attached hydrogen (secondary N) is 1. The van der Waals surface area contributed by atoms with E-state index in [9.17, 15) is 9.59 Å². The zero-order valence-electron chi connectivity index (χ0n) is 15.0. The number of ether oxygens (including phenoxy) is 1. The first-order valence-electron chi connectivity index (χ1n) is 8.57. The Hall–Kier alpha value is -2.38. The summed E-state index contributed by atoms with van der Waals surface area (Å²) in [4.78, 5) is 28.5. The third-order valence-electron chi connectivity index (χ3n) is 4.52. The van der Waals surface area contributed by atoms with Crippen LogP contribution in [-0.4, -0.2) is 56.6 Å². The smallest absolute Gasteiger partial charge is 0.340 e. The van der Waals surface area contributed by atoms with Crippen LogP contribution in [0.4, 0.5) is 10.7 Å². The summed E-state index contributed by atoms with van der Waals surface area (Å²) in [6.45, 7) is 5.89. The first-order valence-corrected chi connectivity index (χ1v) is 9.45. The molecule has 26 heavy (non-hydrogen) atoms. The average molecular weight is 373 g/mol. The molecule has 2 aromatic rings. The second kappa shape index (κ2) is 8.33. The molecule has 138 valence electrons. The van der Waals surface area contributed by atoms with E-state index < -0.39 is 5.97 Å². The van der Waals surface area contributed by atoms with Gasteiger partial charge in [-0.05, 0) is 30.0 Å². The Labute approximate surface area is 157 Å². The summed E-state index contributed by atoms with van der Waals surface area (Å²) in [6, 6.07) is 10.0. The number of para-hydroxylation sites is 1. The lowest BCUT2D eigenvalue weighted by atomic mass is 10.1. The predicted molar refractivity (Wildman–Crippen MR) is 104 cm³/mol. The lowest BCUT2D eigenvalue weighted by Gasteiger charge is -2.36. The fraction of sp³-hybridized carbons (Fsp3) is 0.368. The quantitative estimate of drug-likeness (QED) is 0.817. The number of carbonyl (C=O) groups is 2. The van der Waals surface area contributed by atoms with Crippen molar-refractivity contribution in [3.8, 4) is 0 Å². The number of hydrogen-bond donors (Lipinski definition) is 1. The van der Waals surface area contributed by atoms with Gasteiger partial charge in [0.15, 0.2) is 0 Å². The highest BCUT2D eigenvalue weighted by atomic mass is 32.1. The van der Waals surface area contributed by atoms with Gasteiger partial charge in [-0.1, -0.05) is 18.2 Å². The molecule has 7 heteroatoms. The van der Waals surface area contributed by atoms with Gasteiger partial charge in [-0.15, -0.1) is 11.3 Å². The molecule has 0 unspecified atom stereocenters. The van der Waals surface area contributed by atoms with Crippen LogP contribution in [-0.2, 0) is 9.53 Å². The van der Waals surface area contributed by atoms with Crippen molar-refractivity contribution in [2.24, 2.45) is 0 Å². The van der Waals surface area contributed by atoms with E-state index in [2.05, 4.69) is 40.2 Å². The molecular formula is C19H23N3O3S. The van der Waals surface area contributed by atoms with Crippen LogP contribution in [0, 0.1) is 6.92 Å². The number of piperazine rings is 1. The van der Waals surface area contributed by atoms with Crippen molar-refractivity contribution in [1.82, 2.24) is 4.90 Å². The third-order valence-corrected chi connectivity index (χ3v) is 5.35. The van der Waals surface area contributed by atoms with E-state index in [-0.39, 0.29) is 5.91 Å². The van der Waals surface area contributed by atoms with Gasteiger partial charge in [0.1, 0.15) is 5.00 Å². The first kappa shape index (κ1) is 18.4. The molecule has 0 aliphatic carbocycles. The largest absolute Gasteiger partial charge is 0.465 e. The molecule has 1 aromatic heterocycles. The van der Waals surface area contributed by atoms with Gasteiger partial charge < -0.3 is 15.0 Å². The van der Waals surface area contributed by atoms with Crippen molar-refractivity contribution in [2.75, 3.05) is 50.1 Å². The highest BCUT2D eigenvalue weighted by Gasteiger charge is 2.21. The molecule has 1 fully saturated rings. The van der Waals surface area contributed by atoms with E-state index in [0.717, 1.165) is 26.2 Å². The summed E-state index contributed by atoms with van der Waals surface area (Å²) < 4.78 is 4.73. The summed E-state index contributed by atoms with van der Waals surface area (Å²) in [5.74, 6) is -0.546. The van der Waals surface area contributed by atoms with E-state index in [1.807, 2.05) is 6.07 Å². The summed E-state index contributed by atoms with van der Waals surface area (Å²) in [5.41, 5.74) is 2.93. The highest BCUT2D eigenvalue weighted by Crippen LogP contribution is 2.24. The van der Waals surface area contributed by atoms with E-state index in [1.165, 1.54) is 29.7 Å². The number of carbonyl (C=O) groups excluding carboxylic acids is 2. The fourth-order valence-electron chi connectivity index (χ4n) is 3.11. The van der Waals surface area contributed by atoms with Gasteiger partial charge in [0.05, 0.1) is 19.2 Å². The summed E-state index contributed by atoms with van der Waals surface area (Å²) in [5, 5.41) is 5.14. The molecule has 1 aliphatic rings. The lowest BCUT2D eigenvalue weighted by Crippen LogP contribution is -2.48. The third kappa shape index (κ3) is 4.23. The molecule has 0 atom stereocenters. The van der Waals surface area contributed by atoms with E-state index in [4.69, 9.17) is 4.74 Å². The van der Waals surface area contributed by atoms with Crippen LogP contribution in [0.25, 0.3) is 0 Å². The zero-order valence-corrected chi connectivity index (χ0v) is 15.8. The van der Waals surface area contributed by atoms with Gasteiger partial charge in [0.2, 0.25) is 5.91 Å². The number of esters is 1. The van der Waals surface area contributed by atoms with Crippen molar-refractivity contribution in [3.05, 3.63) is 46.8 Å². The second-order valence-electron chi connectivity index (χ2n) is 6.25. The van der Waals surface area contributed by atoms with Crippen LogP contribution in [0.3, 0.4) is 0 Å². The second-order valence-corrected chi connectivity index (χ2v) is 7.17. The molecule has 2 heterocycles. The minimum Gasteiger partial charge on any atom is -0.465 e. The molecule has 1 aromatic carbocycles. The molecule has 1 aliphatic heterocycles. The van der Waals surface area contributed by atoms with Crippen LogP contribution < -0.4 is 10.2 Å². The average Bonchev–Trinajstić information content (AvgIpc) is 3.10. The minimum atomic E-state index is -0.437. The SMILES string of the molecule is COC(=O)c1ccsc1NC(=O)CN1CCN(c2ccccc2C)CC1. The molecule has 0 radical (unpaired) electrons. The molecule has 6 nitrogen and oxygen atoms in total. The summed E-state index contributed by atoms with van der Waals surface area (Å²) in [6.07, 6.45) is 0. The maximum absolute atomic E-state index is 12.3. The van der Waals surface area contributed by atoms with Gasteiger partial charge in [0.25, 0.3) is 0 Å². The van der Waals surface area contributed by atoms with E-state index in [1.54, 1.807) is 11.4 Å². The Morgan fingerprint density at radius 2 is 1.88 bits per heavy atom. The summed E-state index contributed by atoms with van der Waals surface area (Å²) >= 11 is 1.32. The normalized spacial score (nSPS) is 14.9. The Morgan fingerprint density at radius 3 is 2.58 bits per heavy atom. The number of amides is 1. The number of aryl methyl sites for hydroxylation is 1. The van der Waals surface area contributed by atoms with Crippen molar-refractivity contribution < 1.29 is 14.3 Å². The van der Waals surface area contributed by atoms with Crippen molar-refractivity contribution in [2.45, 2.75) is 6.92 Å². The van der Waals surface area contributed by atoms with E-state index in [0.29, 0.717) is 17.1 Å². The minimum absolute atomic E-state index is 0.109. The number of methoxy groups -OCH3 is 1. The Balaban J connectivity index is 1.52. The Kier molecular flexibility index (Phi) is 5.90. The maximum Gasteiger partial charge on any atom is 0.340 e. The number of hydrogen-bond acceptors (Lipinski definition) is 6. The molecule has 1 saturated heterocycles. The topological polar surface area (TPSA) is 61.9 Å². The highest BCUT2D eigenvalue weighted by molar-refractivity contribution is 7.14. The monoisotopic (exact) mass is 373 g/mol. The molecule has 0 spiro atoms. The van der Waals surface area contributed by atoms with E-state index >= 15 is 0 Å². The molecule has 0 saturated carbocycles. The number of anilines is 2. The summed E-state index contributed by atoms with van der Waals surface area (Å²) in [7, 11) is 1.33. The van der Waals surface area contributed by atoms with Gasteiger partial charge in [-0.25, -0.2) is 4.79 Å². The van der Waals surface area contributed by atoms with Gasteiger partial charge >= 0.3 is 5.97 Å². The van der Waals surface area contributed by atoms with Crippen LogP contribution in [0.2, 0.25) is 0 Å². The Morgan fingerprint density at radius 1 is 1.15 bits per heavy atom. The lowest BCUT2D eigenvalue weighted by molar-refractivity contribution is -0.117. The maximum atomic E-state index is 12.3. The van der Waals surface area contributed by atoms with Crippen molar-refractivity contribution in [1.29, 1.82) is 0 Å². The van der Waals surface area contributed by atoms with Gasteiger partial charge in [0, 0.05) is 31.9 Å². The zero-order chi connectivity index (χ0) is 18.5. The number of nitrogens with zero attached hydrogens (tertiary/aromatic N) is 2. The molecule has 3 rings (SSSR count). The molecule has 0 bridgehead atoms. The Bertz CT molecular complexity index is 782. The molecule has 1 N–H and O–H groups in total. The number of rotatable bonds is 5. The van der Waals surface area contributed by atoms with Crippen LogP contribution in [0.15, 0.2) is 35.7 Å². The van der Waals surface area contributed by atoms with Crippen LogP contribution >= 0.6 is 11.3 Å².